The maximum atomic E-state index is 14.6. The van der Waals surface area contributed by atoms with Crippen LogP contribution in [-0.2, 0) is 4.79 Å². The lowest BCUT2D eigenvalue weighted by atomic mass is 9.91. The van der Waals surface area contributed by atoms with Gasteiger partial charge in [0.25, 0.3) is 5.56 Å². The molecule has 0 radical (unpaired) electrons. The number of amides is 1. The molecule has 2 N–H and O–H groups in total. The minimum atomic E-state index is -0.529. The van der Waals surface area contributed by atoms with Crippen LogP contribution in [0.2, 0.25) is 0 Å². The summed E-state index contributed by atoms with van der Waals surface area (Å²) in [7, 11) is 0. The van der Waals surface area contributed by atoms with Crippen molar-refractivity contribution in [2.75, 3.05) is 5.32 Å². The van der Waals surface area contributed by atoms with Crippen LogP contribution in [0.15, 0.2) is 53.6 Å². The molecule has 1 saturated carbocycles. The number of carbonyl (C=O) groups excluding carboxylic acids is 1. The Hall–Kier alpha value is -3.55. The van der Waals surface area contributed by atoms with Crippen molar-refractivity contribution in [3.05, 3.63) is 70.5 Å². The van der Waals surface area contributed by atoms with Gasteiger partial charge in [-0.3, -0.25) is 14.2 Å². The van der Waals surface area contributed by atoms with Gasteiger partial charge in [0.05, 0.1) is 6.20 Å². The van der Waals surface area contributed by atoms with Crippen LogP contribution in [0.3, 0.4) is 0 Å². The highest BCUT2D eigenvalue weighted by atomic mass is 19.1. The highest BCUT2D eigenvalue weighted by molar-refractivity contribution is 5.73. The van der Waals surface area contributed by atoms with Gasteiger partial charge in [0.15, 0.2) is 5.82 Å². The Morgan fingerprint density at radius 2 is 1.88 bits per heavy atom. The SMILES string of the molecule is CC(=O)NC1CCC(Nc2ncc(F)c(-c3cccc(-n4cc(C)ccc4=O)c3)n2)CC1. The molecular weight excluding hydrogens is 409 g/mol. The van der Waals surface area contributed by atoms with Gasteiger partial charge < -0.3 is 10.6 Å². The molecule has 7 nitrogen and oxygen atoms in total. The van der Waals surface area contributed by atoms with Gasteiger partial charge >= 0.3 is 0 Å². The summed E-state index contributed by atoms with van der Waals surface area (Å²) in [6.45, 7) is 3.44. The molecule has 0 spiro atoms. The Morgan fingerprint density at radius 1 is 1.12 bits per heavy atom. The van der Waals surface area contributed by atoms with E-state index in [9.17, 15) is 14.0 Å². The van der Waals surface area contributed by atoms with Crippen LogP contribution >= 0.6 is 0 Å². The zero-order valence-electron chi connectivity index (χ0n) is 18.1. The second-order valence-corrected chi connectivity index (χ2v) is 8.25. The van der Waals surface area contributed by atoms with Crippen molar-refractivity contribution in [1.29, 1.82) is 0 Å². The maximum absolute atomic E-state index is 14.6. The Kier molecular flexibility index (Phi) is 6.30. The molecule has 1 aliphatic rings. The fourth-order valence-electron chi connectivity index (χ4n) is 4.09. The highest BCUT2D eigenvalue weighted by Crippen LogP contribution is 2.25. The predicted octanol–water partition coefficient (Wildman–Crippen LogP) is 3.60. The number of hydrogen-bond acceptors (Lipinski definition) is 5. The quantitative estimate of drug-likeness (QED) is 0.639. The van der Waals surface area contributed by atoms with Crippen LogP contribution in [0.1, 0.15) is 38.2 Å². The first-order chi connectivity index (χ1) is 15.4. The molecule has 0 unspecified atom stereocenters. The van der Waals surface area contributed by atoms with Crippen molar-refractivity contribution in [3.8, 4) is 16.9 Å². The van der Waals surface area contributed by atoms with Crippen LogP contribution in [0.5, 0.6) is 0 Å². The number of halogens is 1. The number of carbonyl (C=O) groups is 1. The third-order valence-electron chi connectivity index (χ3n) is 5.67. The molecule has 8 heteroatoms. The van der Waals surface area contributed by atoms with Gasteiger partial charge in [-0.05, 0) is 50.3 Å². The molecule has 2 heterocycles. The average molecular weight is 436 g/mol. The lowest BCUT2D eigenvalue weighted by Gasteiger charge is -2.29. The molecule has 1 fully saturated rings. The minimum absolute atomic E-state index is 0.0110. The van der Waals surface area contributed by atoms with E-state index in [1.807, 2.05) is 6.92 Å². The van der Waals surface area contributed by atoms with E-state index >= 15 is 0 Å². The van der Waals surface area contributed by atoms with E-state index in [-0.39, 0.29) is 29.2 Å². The predicted molar refractivity (Wildman–Crippen MR) is 121 cm³/mol. The van der Waals surface area contributed by atoms with Crippen molar-refractivity contribution < 1.29 is 9.18 Å². The molecule has 0 aliphatic heterocycles. The van der Waals surface area contributed by atoms with Crippen LogP contribution in [0, 0.1) is 12.7 Å². The van der Waals surface area contributed by atoms with E-state index in [1.165, 1.54) is 23.8 Å². The molecule has 4 rings (SSSR count). The first-order valence-electron chi connectivity index (χ1n) is 10.8. The summed E-state index contributed by atoms with van der Waals surface area (Å²) in [6, 6.07) is 10.7. The van der Waals surface area contributed by atoms with E-state index in [0.29, 0.717) is 17.2 Å². The standard InChI is InChI=1S/C24H26FN5O2/c1-15-6-11-22(32)30(14-15)20-5-3-4-17(12-20)23-21(25)13-26-24(29-23)28-19-9-7-18(8-10-19)27-16(2)31/h3-6,11-14,18-19H,7-10H2,1-2H3,(H,27,31)(H,26,28,29). The topological polar surface area (TPSA) is 88.9 Å². The Bertz CT molecular complexity index is 1190. The van der Waals surface area contributed by atoms with Crippen molar-refractivity contribution >= 4 is 11.9 Å². The first-order valence-corrected chi connectivity index (χ1v) is 10.8. The van der Waals surface area contributed by atoms with Crippen LogP contribution in [0.25, 0.3) is 16.9 Å². The smallest absolute Gasteiger partial charge is 0.255 e. The lowest BCUT2D eigenvalue weighted by Crippen LogP contribution is -2.39. The van der Waals surface area contributed by atoms with Crippen molar-refractivity contribution in [1.82, 2.24) is 19.9 Å². The van der Waals surface area contributed by atoms with E-state index in [0.717, 1.165) is 31.2 Å². The summed E-state index contributed by atoms with van der Waals surface area (Å²) in [6.07, 6.45) is 6.40. The number of anilines is 1. The third-order valence-corrected chi connectivity index (χ3v) is 5.67. The van der Waals surface area contributed by atoms with Gasteiger partial charge in [-0.1, -0.05) is 18.2 Å². The number of benzene rings is 1. The van der Waals surface area contributed by atoms with Crippen LogP contribution < -0.4 is 16.2 Å². The molecule has 32 heavy (non-hydrogen) atoms. The van der Waals surface area contributed by atoms with Crippen molar-refractivity contribution in [2.45, 2.75) is 51.6 Å². The highest BCUT2D eigenvalue weighted by Gasteiger charge is 2.22. The lowest BCUT2D eigenvalue weighted by molar-refractivity contribution is -0.119. The van der Waals surface area contributed by atoms with E-state index in [1.54, 1.807) is 36.5 Å². The molecule has 2 aromatic heterocycles. The van der Waals surface area contributed by atoms with E-state index in [4.69, 9.17) is 0 Å². The summed E-state index contributed by atoms with van der Waals surface area (Å²) >= 11 is 0. The van der Waals surface area contributed by atoms with Gasteiger partial charge in [0.2, 0.25) is 11.9 Å². The molecule has 3 aromatic rings. The van der Waals surface area contributed by atoms with Crippen molar-refractivity contribution in [2.24, 2.45) is 0 Å². The molecule has 0 bridgehead atoms. The van der Waals surface area contributed by atoms with E-state index < -0.39 is 5.82 Å². The third kappa shape index (κ3) is 5.01. The Labute approximate surface area is 185 Å². The number of aryl methyl sites for hydroxylation is 1. The minimum Gasteiger partial charge on any atom is -0.354 e. The molecular formula is C24H26FN5O2. The normalized spacial score (nSPS) is 18.2. The number of pyridine rings is 1. The number of rotatable bonds is 5. The molecule has 0 atom stereocenters. The van der Waals surface area contributed by atoms with Gasteiger partial charge in [0, 0.05) is 42.5 Å². The van der Waals surface area contributed by atoms with Gasteiger partial charge in [-0.2, -0.15) is 0 Å². The van der Waals surface area contributed by atoms with Gasteiger partial charge in [-0.25, -0.2) is 14.4 Å². The fraction of sp³-hybridized carbons (Fsp3) is 0.333. The zero-order valence-corrected chi connectivity index (χ0v) is 18.1. The largest absolute Gasteiger partial charge is 0.354 e. The maximum Gasteiger partial charge on any atom is 0.255 e. The molecule has 1 amide bonds. The Morgan fingerprint density at radius 3 is 2.62 bits per heavy atom. The van der Waals surface area contributed by atoms with Crippen molar-refractivity contribution in [3.63, 3.8) is 0 Å². The van der Waals surface area contributed by atoms with E-state index in [2.05, 4.69) is 20.6 Å². The van der Waals surface area contributed by atoms with Gasteiger partial charge in [0.1, 0.15) is 5.69 Å². The molecule has 0 saturated heterocycles. The average Bonchev–Trinajstić information content (AvgIpc) is 2.78. The first kappa shape index (κ1) is 21.7. The zero-order chi connectivity index (χ0) is 22.7. The van der Waals surface area contributed by atoms with Crippen LogP contribution in [-0.4, -0.2) is 32.5 Å². The number of nitrogens with one attached hydrogen (secondary N) is 2. The number of hydrogen-bond donors (Lipinski definition) is 2. The van der Waals surface area contributed by atoms with Crippen LogP contribution in [0.4, 0.5) is 10.3 Å². The summed E-state index contributed by atoms with van der Waals surface area (Å²) in [5.41, 5.74) is 2.17. The fourth-order valence-corrected chi connectivity index (χ4v) is 4.09. The monoisotopic (exact) mass is 435 g/mol. The van der Waals surface area contributed by atoms with Gasteiger partial charge in [-0.15, -0.1) is 0 Å². The Balaban J connectivity index is 1.54. The number of nitrogens with zero attached hydrogens (tertiary/aromatic N) is 3. The molecule has 1 aliphatic carbocycles. The molecule has 166 valence electrons. The molecule has 1 aromatic carbocycles. The summed E-state index contributed by atoms with van der Waals surface area (Å²) in [4.78, 5) is 32.0. The second-order valence-electron chi connectivity index (χ2n) is 8.25. The summed E-state index contributed by atoms with van der Waals surface area (Å²) in [5, 5.41) is 6.26. The number of aromatic nitrogens is 3. The second kappa shape index (κ2) is 9.30. The summed E-state index contributed by atoms with van der Waals surface area (Å²) in [5.74, 6) is -0.177. The summed E-state index contributed by atoms with van der Waals surface area (Å²) < 4.78 is 16.2.